The van der Waals surface area contributed by atoms with Crippen molar-refractivity contribution in [1.82, 2.24) is 0 Å². The van der Waals surface area contributed by atoms with Gasteiger partial charge in [-0.15, -0.1) is 65.7 Å². The maximum Gasteiger partial charge on any atom is 3.00 e. The fourth-order valence-corrected chi connectivity index (χ4v) is 4.74. The molecular formula is C35H29SiZr. The van der Waals surface area contributed by atoms with Crippen LogP contribution >= 0.6 is 0 Å². The smallest absolute Gasteiger partial charge is 0.273 e. The Bertz CT molecular complexity index is 1300. The van der Waals surface area contributed by atoms with Crippen LogP contribution in [-0.2, 0) is 26.2 Å². The van der Waals surface area contributed by atoms with Gasteiger partial charge in [-0.1, -0.05) is 83.2 Å². The molecule has 6 aromatic rings. The molecule has 0 nitrogen and oxygen atoms in total. The predicted octanol–water partition coefficient (Wildman–Crippen LogP) is 7.76. The summed E-state index contributed by atoms with van der Waals surface area (Å²) in [5.74, 6) is 0. The van der Waals surface area contributed by atoms with Gasteiger partial charge in [-0.3, -0.25) is 6.08 Å². The third-order valence-electron chi connectivity index (χ3n) is 5.52. The van der Waals surface area contributed by atoms with Crippen LogP contribution in [0.5, 0.6) is 0 Å². The van der Waals surface area contributed by atoms with Crippen LogP contribution in [0.15, 0.2) is 164 Å². The summed E-state index contributed by atoms with van der Waals surface area (Å²) in [5, 5.41) is 8.12. The van der Waals surface area contributed by atoms with E-state index in [1.807, 2.05) is 12.2 Å². The minimum Gasteiger partial charge on any atom is -0.273 e. The van der Waals surface area contributed by atoms with E-state index in [0.717, 1.165) is 15.9 Å². The average molecular weight is 569 g/mol. The topological polar surface area (TPSA) is 0 Å². The van der Waals surface area contributed by atoms with Crippen LogP contribution in [0.2, 0.25) is 0 Å². The van der Waals surface area contributed by atoms with E-state index < -0.39 is 0 Å². The molecule has 0 unspecified atom stereocenters. The van der Waals surface area contributed by atoms with Gasteiger partial charge in [0.1, 0.15) is 9.52 Å². The number of hydrogen-bond donors (Lipinski definition) is 0. The number of rotatable bonds is 2. The Morgan fingerprint density at radius 2 is 1.00 bits per heavy atom. The van der Waals surface area contributed by atoms with Gasteiger partial charge in [0.05, 0.1) is 0 Å². The predicted molar refractivity (Wildman–Crippen MR) is 159 cm³/mol. The summed E-state index contributed by atoms with van der Waals surface area (Å²) < 4.78 is 0. The quantitative estimate of drug-likeness (QED) is 0.148. The Morgan fingerprint density at radius 1 is 0.541 bits per heavy atom. The van der Waals surface area contributed by atoms with Crippen molar-refractivity contribution in [3.8, 4) is 0 Å². The van der Waals surface area contributed by atoms with Gasteiger partial charge in [0.15, 0.2) is 0 Å². The van der Waals surface area contributed by atoms with Crippen molar-refractivity contribution in [1.29, 1.82) is 0 Å². The van der Waals surface area contributed by atoms with Gasteiger partial charge < -0.3 is 0 Å². The van der Waals surface area contributed by atoms with Crippen molar-refractivity contribution >= 4 is 41.4 Å². The molecule has 0 heterocycles. The van der Waals surface area contributed by atoms with Gasteiger partial charge in [0.2, 0.25) is 0 Å². The molecule has 3 radical (unpaired) electrons. The van der Waals surface area contributed by atoms with Crippen molar-refractivity contribution < 1.29 is 26.2 Å². The van der Waals surface area contributed by atoms with E-state index >= 15 is 0 Å². The van der Waals surface area contributed by atoms with Crippen molar-refractivity contribution in [2.75, 3.05) is 0 Å². The number of benzene rings is 4. The second kappa shape index (κ2) is 16.4. The molecule has 1 aliphatic rings. The molecule has 0 bridgehead atoms. The van der Waals surface area contributed by atoms with Crippen LogP contribution in [0.25, 0.3) is 21.5 Å². The summed E-state index contributed by atoms with van der Waals surface area (Å²) in [6.07, 6.45) is 10.0. The van der Waals surface area contributed by atoms with Gasteiger partial charge in [0.25, 0.3) is 0 Å². The minimum atomic E-state index is 0. The first-order valence-electron chi connectivity index (χ1n) is 12.2. The van der Waals surface area contributed by atoms with E-state index in [9.17, 15) is 0 Å². The number of allylic oxidation sites excluding steroid dienone is 4. The Morgan fingerprint density at radius 3 is 1.38 bits per heavy atom. The molecule has 0 N–H and O–H groups in total. The van der Waals surface area contributed by atoms with Crippen LogP contribution in [0.1, 0.15) is 6.42 Å². The zero-order valence-electron chi connectivity index (χ0n) is 20.8. The molecule has 6 aromatic carbocycles. The standard InChI is InChI=1S/C12H10Si.2C9H7.C5H5.Zr/c1-3-7-11(8-4-1)13-12-9-5-2-6-10-12;2*1-2-5-9-7-3-6-8(9)4-1;1-2-4-5-3-1;/h1-10H;2*1-7H;1-3H,4H2;/q;3*-1;+3. The molecule has 2 heteroatoms. The minimum absolute atomic E-state index is 0. The van der Waals surface area contributed by atoms with Gasteiger partial charge >= 0.3 is 26.2 Å². The second-order valence-corrected chi connectivity index (χ2v) is 9.57. The third-order valence-corrected chi connectivity index (χ3v) is 6.76. The zero-order chi connectivity index (χ0) is 24.7. The molecule has 0 saturated heterocycles. The van der Waals surface area contributed by atoms with Crippen molar-refractivity contribution in [3.05, 3.63) is 170 Å². The Hall–Kier alpha value is -3.32. The van der Waals surface area contributed by atoms with Crippen LogP contribution in [0, 0.1) is 6.08 Å². The SMILES string of the molecule is [C-]1=CC=CC1.[Zr+3].c1ccc([Si]c2ccccc2)cc1.c1ccc2[cH-]ccc2c1.c1ccc2[cH-]ccc2c1. The molecule has 0 aromatic heterocycles. The van der Waals surface area contributed by atoms with Gasteiger partial charge in [-0.05, 0) is 0 Å². The van der Waals surface area contributed by atoms with Crippen molar-refractivity contribution in [2.45, 2.75) is 6.42 Å². The van der Waals surface area contributed by atoms with Crippen LogP contribution in [0.3, 0.4) is 0 Å². The maximum absolute atomic E-state index is 2.99. The largest absolute Gasteiger partial charge is 3.00 e. The summed E-state index contributed by atoms with van der Waals surface area (Å²) in [6.45, 7) is 0. The van der Waals surface area contributed by atoms with E-state index in [1.165, 1.54) is 31.9 Å². The van der Waals surface area contributed by atoms with Crippen molar-refractivity contribution in [3.63, 3.8) is 0 Å². The van der Waals surface area contributed by atoms with Gasteiger partial charge in [0, 0.05) is 0 Å². The average Bonchev–Trinajstić information content (AvgIpc) is 3.74. The number of fused-ring (bicyclic) bond motifs is 2. The van der Waals surface area contributed by atoms with Gasteiger partial charge in [-0.2, -0.15) is 41.1 Å². The van der Waals surface area contributed by atoms with Crippen LogP contribution in [-0.4, -0.2) is 9.52 Å². The fraction of sp³-hybridized carbons (Fsp3) is 0.0286. The summed E-state index contributed by atoms with van der Waals surface area (Å²) in [6, 6.07) is 50.5. The van der Waals surface area contributed by atoms with Crippen LogP contribution in [0.4, 0.5) is 0 Å². The summed E-state index contributed by atoms with van der Waals surface area (Å²) in [4.78, 5) is 0. The van der Waals surface area contributed by atoms with Crippen molar-refractivity contribution in [2.24, 2.45) is 0 Å². The van der Waals surface area contributed by atoms with E-state index in [4.69, 9.17) is 0 Å². The molecule has 177 valence electrons. The third kappa shape index (κ3) is 9.92. The molecule has 0 aliphatic heterocycles. The molecule has 0 spiro atoms. The molecular weight excluding hydrogens is 540 g/mol. The number of hydrogen-bond acceptors (Lipinski definition) is 0. The van der Waals surface area contributed by atoms with E-state index in [2.05, 4.69) is 158 Å². The Balaban J connectivity index is 0.000000142. The van der Waals surface area contributed by atoms with E-state index in [0.29, 0.717) is 0 Å². The molecule has 0 saturated carbocycles. The normalized spacial score (nSPS) is 10.8. The monoisotopic (exact) mass is 567 g/mol. The fourth-order valence-electron chi connectivity index (χ4n) is 3.69. The maximum atomic E-state index is 2.99. The van der Waals surface area contributed by atoms with E-state index in [-0.39, 0.29) is 26.2 Å². The first-order chi connectivity index (χ1) is 17.9. The Kier molecular flexibility index (Phi) is 12.5. The second-order valence-electron chi connectivity index (χ2n) is 8.17. The van der Waals surface area contributed by atoms with Gasteiger partial charge in [-0.25, -0.2) is 12.2 Å². The molecule has 37 heavy (non-hydrogen) atoms. The molecule has 0 atom stereocenters. The molecule has 1 aliphatic carbocycles. The molecule has 0 fully saturated rings. The van der Waals surface area contributed by atoms with E-state index in [1.54, 1.807) is 0 Å². The summed E-state index contributed by atoms with van der Waals surface area (Å²) in [5.41, 5.74) is 0. The Labute approximate surface area is 242 Å². The first kappa shape index (κ1) is 28.3. The molecule has 7 rings (SSSR count). The zero-order valence-corrected chi connectivity index (χ0v) is 24.3. The molecule has 0 amide bonds. The van der Waals surface area contributed by atoms with Crippen LogP contribution < -0.4 is 10.4 Å². The summed E-state index contributed by atoms with van der Waals surface area (Å²) >= 11 is 0. The first-order valence-corrected chi connectivity index (χ1v) is 13.2. The summed E-state index contributed by atoms with van der Waals surface area (Å²) in [7, 11) is 0.777.